The molecule has 0 saturated carbocycles. The first-order valence-electron chi connectivity index (χ1n) is 8.01. The number of hydrogen-bond donors (Lipinski definition) is 2. The molecule has 0 fully saturated rings. The second kappa shape index (κ2) is 6.32. The molecule has 0 aliphatic rings. The number of rotatable bonds is 4. The zero-order valence-electron chi connectivity index (χ0n) is 13.8. The van der Waals surface area contributed by atoms with Crippen LogP contribution in [0.15, 0.2) is 64.0 Å². The highest BCUT2D eigenvalue weighted by Crippen LogP contribution is 2.17. The molecule has 4 aromatic rings. The van der Waals surface area contributed by atoms with Gasteiger partial charge in [-0.2, -0.15) is 5.10 Å². The summed E-state index contributed by atoms with van der Waals surface area (Å²) in [6.45, 7) is 1.60. The maximum atomic E-state index is 12.5. The third kappa shape index (κ3) is 2.88. The lowest BCUT2D eigenvalue weighted by Gasteiger charge is -2.13. The summed E-state index contributed by atoms with van der Waals surface area (Å²) in [5, 5.41) is 6.92. The van der Waals surface area contributed by atoms with Crippen molar-refractivity contribution in [3.63, 3.8) is 0 Å². The molecule has 0 radical (unpaired) electrons. The summed E-state index contributed by atoms with van der Waals surface area (Å²) in [5.74, 6) is 0.428. The first-order chi connectivity index (χ1) is 12.6. The minimum absolute atomic E-state index is 0.318. The fourth-order valence-electron chi connectivity index (χ4n) is 2.60. The summed E-state index contributed by atoms with van der Waals surface area (Å²) in [4.78, 5) is 32.0. The zero-order chi connectivity index (χ0) is 18.1. The fraction of sp³-hybridized carbons (Fsp3) is 0.111. The van der Waals surface area contributed by atoms with Gasteiger partial charge in [-0.3, -0.25) is 14.9 Å². The van der Waals surface area contributed by atoms with Crippen molar-refractivity contribution < 1.29 is 9.21 Å². The molecule has 130 valence electrons. The number of amides is 1. The highest BCUT2D eigenvalue weighted by molar-refractivity contribution is 5.93. The number of anilines is 1. The van der Waals surface area contributed by atoms with Crippen molar-refractivity contribution in [3.8, 4) is 11.5 Å². The Balaban J connectivity index is 1.60. The van der Waals surface area contributed by atoms with E-state index in [9.17, 15) is 9.59 Å². The van der Waals surface area contributed by atoms with Crippen LogP contribution in [-0.4, -0.2) is 25.7 Å². The Labute approximate surface area is 147 Å². The lowest BCUT2D eigenvalue weighted by atomic mass is 10.3. The lowest BCUT2D eigenvalue weighted by Crippen LogP contribution is -2.33. The maximum Gasteiger partial charge on any atom is 0.267 e. The Morgan fingerprint density at radius 1 is 1.19 bits per heavy atom. The molecule has 0 bridgehead atoms. The Hall–Kier alpha value is -3.68. The van der Waals surface area contributed by atoms with Gasteiger partial charge in [-0.05, 0) is 37.3 Å². The van der Waals surface area contributed by atoms with Gasteiger partial charge in [0.2, 0.25) is 5.95 Å². The predicted molar refractivity (Wildman–Crippen MR) is 95.6 cm³/mol. The number of nitrogens with zero attached hydrogens (tertiary/aromatic N) is 3. The molecule has 2 N–H and O–H groups in total. The van der Waals surface area contributed by atoms with Gasteiger partial charge in [0.1, 0.15) is 11.7 Å². The number of furan rings is 1. The van der Waals surface area contributed by atoms with Crippen LogP contribution in [0.5, 0.6) is 0 Å². The molecule has 3 heterocycles. The van der Waals surface area contributed by atoms with Crippen molar-refractivity contribution in [3.05, 3.63) is 65.1 Å². The van der Waals surface area contributed by atoms with E-state index in [1.807, 2.05) is 24.3 Å². The van der Waals surface area contributed by atoms with Crippen molar-refractivity contribution in [1.82, 2.24) is 19.7 Å². The number of imidazole rings is 1. The van der Waals surface area contributed by atoms with Crippen LogP contribution in [0.3, 0.4) is 0 Å². The maximum absolute atomic E-state index is 12.5. The predicted octanol–water partition coefficient (Wildman–Crippen LogP) is 2.58. The van der Waals surface area contributed by atoms with Gasteiger partial charge in [0.05, 0.1) is 17.3 Å². The number of H-pyrrole nitrogens is 1. The number of carbonyl (C=O) groups is 1. The van der Waals surface area contributed by atoms with Gasteiger partial charge < -0.3 is 9.40 Å². The standard InChI is InChI=1S/C18H15N5O3/c1-11(17(25)21-18-19-12-5-2-3-6-13(12)20-18)23-16(24)9-8-14(22-23)15-7-4-10-26-15/h2-11H,1H3,(H2,19,20,21,25). The minimum Gasteiger partial charge on any atom is -0.463 e. The van der Waals surface area contributed by atoms with Crippen LogP contribution in [-0.2, 0) is 4.79 Å². The van der Waals surface area contributed by atoms with Crippen LogP contribution < -0.4 is 10.9 Å². The molecular formula is C18H15N5O3. The van der Waals surface area contributed by atoms with Gasteiger partial charge in [-0.1, -0.05) is 12.1 Å². The minimum atomic E-state index is -0.828. The number of benzene rings is 1. The van der Waals surface area contributed by atoms with E-state index >= 15 is 0 Å². The highest BCUT2D eigenvalue weighted by Gasteiger charge is 2.19. The van der Waals surface area contributed by atoms with E-state index in [1.165, 1.54) is 12.3 Å². The number of hydrogen-bond acceptors (Lipinski definition) is 5. The van der Waals surface area contributed by atoms with E-state index in [4.69, 9.17) is 4.42 Å². The molecule has 0 saturated heterocycles. The number of nitrogens with one attached hydrogen (secondary N) is 2. The summed E-state index contributed by atoms with van der Waals surface area (Å²) in [5.41, 5.74) is 1.64. The summed E-state index contributed by atoms with van der Waals surface area (Å²) >= 11 is 0. The van der Waals surface area contributed by atoms with Gasteiger partial charge in [0, 0.05) is 6.07 Å². The summed E-state index contributed by atoms with van der Waals surface area (Å²) in [6, 6.07) is 13.0. The SMILES string of the molecule is CC(C(=O)Nc1nc2ccccc2[nH]1)n1nc(-c2ccco2)ccc1=O. The molecule has 0 aliphatic heterocycles. The third-order valence-corrected chi connectivity index (χ3v) is 3.98. The van der Waals surface area contributed by atoms with Crippen molar-refractivity contribution in [1.29, 1.82) is 0 Å². The first kappa shape index (κ1) is 15.8. The van der Waals surface area contributed by atoms with Crippen molar-refractivity contribution in [2.75, 3.05) is 5.32 Å². The number of fused-ring (bicyclic) bond motifs is 1. The van der Waals surface area contributed by atoms with Crippen LogP contribution >= 0.6 is 0 Å². The zero-order valence-corrected chi connectivity index (χ0v) is 13.8. The van der Waals surface area contributed by atoms with Crippen molar-refractivity contribution in [2.24, 2.45) is 0 Å². The summed E-state index contributed by atoms with van der Waals surface area (Å²) in [6.07, 6.45) is 1.52. The van der Waals surface area contributed by atoms with E-state index < -0.39 is 11.9 Å². The van der Waals surface area contributed by atoms with Gasteiger partial charge in [0.15, 0.2) is 5.76 Å². The largest absolute Gasteiger partial charge is 0.463 e. The number of aromatic amines is 1. The van der Waals surface area contributed by atoms with Crippen LogP contribution in [0.1, 0.15) is 13.0 Å². The molecule has 4 rings (SSSR count). The molecule has 0 spiro atoms. The van der Waals surface area contributed by atoms with E-state index in [0.29, 0.717) is 17.4 Å². The fourth-order valence-corrected chi connectivity index (χ4v) is 2.60. The monoisotopic (exact) mass is 349 g/mol. The third-order valence-electron chi connectivity index (χ3n) is 3.98. The molecule has 0 aliphatic carbocycles. The van der Waals surface area contributed by atoms with E-state index in [2.05, 4.69) is 20.4 Å². The van der Waals surface area contributed by atoms with Crippen molar-refractivity contribution in [2.45, 2.75) is 13.0 Å². The smallest absolute Gasteiger partial charge is 0.267 e. The van der Waals surface area contributed by atoms with Crippen LogP contribution in [0.4, 0.5) is 5.95 Å². The molecule has 1 unspecified atom stereocenters. The molecule has 1 amide bonds. The summed E-state index contributed by atoms with van der Waals surface area (Å²) < 4.78 is 6.41. The number of aromatic nitrogens is 4. The van der Waals surface area contributed by atoms with Crippen LogP contribution in [0.2, 0.25) is 0 Å². The van der Waals surface area contributed by atoms with E-state index in [0.717, 1.165) is 15.7 Å². The average molecular weight is 349 g/mol. The molecular weight excluding hydrogens is 334 g/mol. The normalized spacial score (nSPS) is 12.2. The summed E-state index contributed by atoms with van der Waals surface area (Å²) in [7, 11) is 0. The topological polar surface area (TPSA) is 106 Å². The molecule has 3 aromatic heterocycles. The van der Waals surface area contributed by atoms with Gasteiger partial charge in [-0.15, -0.1) is 0 Å². The Kier molecular flexibility index (Phi) is 3.85. The van der Waals surface area contributed by atoms with E-state index in [-0.39, 0.29) is 5.56 Å². The lowest BCUT2D eigenvalue weighted by molar-refractivity contribution is -0.119. The van der Waals surface area contributed by atoms with Crippen molar-refractivity contribution >= 4 is 22.9 Å². The first-order valence-corrected chi connectivity index (χ1v) is 8.01. The van der Waals surface area contributed by atoms with Crippen LogP contribution in [0, 0.1) is 0 Å². The molecule has 1 atom stereocenters. The number of carbonyl (C=O) groups excluding carboxylic acids is 1. The van der Waals surface area contributed by atoms with E-state index in [1.54, 1.807) is 25.1 Å². The molecule has 1 aromatic carbocycles. The van der Waals surface area contributed by atoms with Crippen LogP contribution in [0.25, 0.3) is 22.5 Å². The molecule has 8 nitrogen and oxygen atoms in total. The molecule has 8 heteroatoms. The second-order valence-corrected chi connectivity index (χ2v) is 5.75. The molecule has 26 heavy (non-hydrogen) atoms. The highest BCUT2D eigenvalue weighted by atomic mass is 16.3. The Morgan fingerprint density at radius 3 is 2.81 bits per heavy atom. The van der Waals surface area contributed by atoms with Gasteiger partial charge in [-0.25, -0.2) is 9.67 Å². The Morgan fingerprint density at radius 2 is 2.04 bits per heavy atom. The quantitative estimate of drug-likeness (QED) is 0.589. The van der Waals surface area contributed by atoms with Gasteiger partial charge >= 0.3 is 0 Å². The second-order valence-electron chi connectivity index (χ2n) is 5.75. The average Bonchev–Trinajstić information content (AvgIpc) is 3.30. The van der Waals surface area contributed by atoms with Gasteiger partial charge in [0.25, 0.3) is 11.5 Å². The number of para-hydroxylation sites is 2. The Bertz CT molecular complexity index is 1090.